The van der Waals surface area contributed by atoms with Crippen molar-refractivity contribution in [2.75, 3.05) is 13.1 Å². The lowest BCUT2D eigenvalue weighted by molar-refractivity contribution is 0.0934. The molecule has 0 saturated carbocycles. The Hall–Kier alpha value is -1.39. The van der Waals surface area contributed by atoms with E-state index in [0.29, 0.717) is 0 Å². The van der Waals surface area contributed by atoms with E-state index in [1.807, 2.05) is 30.3 Å². The highest BCUT2D eigenvalue weighted by Crippen LogP contribution is 2.21. The van der Waals surface area contributed by atoms with Crippen LogP contribution < -0.4 is 10.6 Å². The molecule has 1 saturated heterocycles. The SMILES string of the molecule is O=C(NC1CCCNCC1)c1ccc2cc(Br)ccc2c1. The van der Waals surface area contributed by atoms with Crippen molar-refractivity contribution in [1.82, 2.24) is 10.6 Å². The van der Waals surface area contributed by atoms with Gasteiger partial charge in [0.25, 0.3) is 5.91 Å². The molecular weight excluding hydrogens is 328 g/mol. The highest BCUT2D eigenvalue weighted by atomic mass is 79.9. The van der Waals surface area contributed by atoms with Crippen LogP contribution in [0.2, 0.25) is 0 Å². The largest absolute Gasteiger partial charge is 0.349 e. The van der Waals surface area contributed by atoms with E-state index in [4.69, 9.17) is 0 Å². The van der Waals surface area contributed by atoms with Gasteiger partial charge in [0, 0.05) is 16.1 Å². The molecule has 0 spiro atoms. The molecule has 1 fully saturated rings. The van der Waals surface area contributed by atoms with Gasteiger partial charge in [-0.25, -0.2) is 0 Å². The number of halogens is 1. The molecule has 4 heteroatoms. The first-order valence-electron chi connectivity index (χ1n) is 7.43. The molecule has 21 heavy (non-hydrogen) atoms. The van der Waals surface area contributed by atoms with Crippen molar-refractivity contribution in [2.45, 2.75) is 25.3 Å². The van der Waals surface area contributed by atoms with Crippen molar-refractivity contribution in [2.24, 2.45) is 0 Å². The van der Waals surface area contributed by atoms with Crippen molar-refractivity contribution >= 4 is 32.6 Å². The van der Waals surface area contributed by atoms with Crippen LogP contribution in [0, 0.1) is 0 Å². The third-order valence-corrected chi connectivity index (χ3v) is 4.47. The fourth-order valence-corrected chi connectivity index (χ4v) is 3.17. The molecule has 1 heterocycles. The first kappa shape index (κ1) is 14.5. The molecule has 1 aliphatic rings. The van der Waals surface area contributed by atoms with Crippen LogP contribution in [0.1, 0.15) is 29.6 Å². The fourth-order valence-electron chi connectivity index (χ4n) is 2.79. The summed E-state index contributed by atoms with van der Waals surface area (Å²) in [5.41, 5.74) is 0.738. The highest BCUT2D eigenvalue weighted by molar-refractivity contribution is 9.10. The van der Waals surface area contributed by atoms with Crippen LogP contribution in [-0.4, -0.2) is 25.0 Å². The van der Waals surface area contributed by atoms with Crippen LogP contribution in [-0.2, 0) is 0 Å². The van der Waals surface area contributed by atoms with Gasteiger partial charge in [-0.2, -0.15) is 0 Å². The molecule has 3 rings (SSSR count). The van der Waals surface area contributed by atoms with E-state index in [2.05, 4.69) is 32.6 Å². The van der Waals surface area contributed by atoms with Crippen LogP contribution >= 0.6 is 15.9 Å². The summed E-state index contributed by atoms with van der Waals surface area (Å²) in [6.07, 6.45) is 3.18. The molecule has 1 atom stereocenters. The Morgan fingerprint density at radius 2 is 1.90 bits per heavy atom. The second kappa shape index (κ2) is 6.58. The van der Waals surface area contributed by atoms with E-state index in [-0.39, 0.29) is 11.9 Å². The van der Waals surface area contributed by atoms with Crippen molar-refractivity contribution in [3.63, 3.8) is 0 Å². The maximum Gasteiger partial charge on any atom is 0.251 e. The topological polar surface area (TPSA) is 41.1 Å². The van der Waals surface area contributed by atoms with Crippen LogP contribution in [0.15, 0.2) is 40.9 Å². The first-order chi connectivity index (χ1) is 10.2. The summed E-state index contributed by atoms with van der Waals surface area (Å²) >= 11 is 3.47. The molecular formula is C17H19BrN2O. The minimum Gasteiger partial charge on any atom is -0.349 e. The van der Waals surface area contributed by atoms with Gasteiger partial charge < -0.3 is 10.6 Å². The molecule has 0 aromatic heterocycles. The van der Waals surface area contributed by atoms with Crippen molar-refractivity contribution in [3.8, 4) is 0 Å². The number of carbonyl (C=O) groups excluding carboxylic acids is 1. The monoisotopic (exact) mass is 346 g/mol. The second-order valence-corrected chi connectivity index (χ2v) is 6.47. The average Bonchev–Trinajstić information content (AvgIpc) is 2.75. The van der Waals surface area contributed by atoms with Crippen LogP contribution in [0.25, 0.3) is 10.8 Å². The molecule has 1 amide bonds. The predicted octanol–water partition coefficient (Wildman–Crippen LogP) is 3.47. The number of hydrogen-bond donors (Lipinski definition) is 2. The van der Waals surface area contributed by atoms with Gasteiger partial charge in [0.1, 0.15) is 0 Å². The maximum atomic E-state index is 12.4. The molecule has 2 aromatic carbocycles. The zero-order valence-corrected chi connectivity index (χ0v) is 13.4. The number of rotatable bonds is 2. The Bertz CT molecular complexity index is 648. The highest BCUT2D eigenvalue weighted by Gasteiger charge is 2.15. The number of hydrogen-bond acceptors (Lipinski definition) is 2. The van der Waals surface area contributed by atoms with E-state index >= 15 is 0 Å². The van der Waals surface area contributed by atoms with E-state index in [9.17, 15) is 4.79 Å². The number of benzene rings is 2. The summed E-state index contributed by atoms with van der Waals surface area (Å²) < 4.78 is 1.05. The number of nitrogens with one attached hydrogen (secondary N) is 2. The smallest absolute Gasteiger partial charge is 0.251 e. The lowest BCUT2D eigenvalue weighted by Gasteiger charge is -2.16. The minimum absolute atomic E-state index is 0.0340. The lowest BCUT2D eigenvalue weighted by Crippen LogP contribution is -2.35. The zero-order valence-electron chi connectivity index (χ0n) is 11.9. The normalized spacial score (nSPS) is 19.2. The Balaban J connectivity index is 1.76. The van der Waals surface area contributed by atoms with E-state index < -0.39 is 0 Å². The first-order valence-corrected chi connectivity index (χ1v) is 8.22. The Morgan fingerprint density at radius 3 is 2.81 bits per heavy atom. The minimum atomic E-state index is 0.0340. The molecule has 0 bridgehead atoms. The maximum absolute atomic E-state index is 12.4. The summed E-state index contributed by atoms with van der Waals surface area (Å²) in [6, 6.07) is 12.3. The van der Waals surface area contributed by atoms with Gasteiger partial charge in [-0.15, -0.1) is 0 Å². The Labute approximate surface area is 133 Å². The predicted molar refractivity (Wildman–Crippen MR) is 89.6 cm³/mol. The number of amides is 1. The van der Waals surface area contributed by atoms with Crippen molar-refractivity contribution < 1.29 is 4.79 Å². The third kappa shape index (κ3) is 3.63. The quantitative estimate of drug-likeness (QED) is 0.873. The van der Waals surface area contributed by atoms with Gasteiger partial charge in [0.2, 0.25) is 0 Å². The number of fused-ring (bicyclic) bond motifs is 1. The summed E-state index contributed by atoms with van der Waals surface area (Å²) in [4.78, 5) is 12.4. The second-order valence-electron chi connectivity index (χ2n) is 5.56. The molecule has 3 nitrogen and oxygen atoms in total. The summed E-state index contributed by atoms with van der Waals surface area (Å²) in [7, 11) is 0. The summed E-state index contributed by atoms with van der Waals surface area (Å²) in [5, 5.41) is 8.76. The van der Waals surface area contributed by atoms with Gasteiger partial charge in [-0.3, -0.25) is 4.79 Å². The third-order valence-electron chi connectivity index (χ3n) is 3.98. The molecule has 1 aliphatic heterocycles. The Kier molecular flexibility index (Phi) is 4.56. The Morgan fingerprint density at radius 1 is 1.10 bits per heavy atom. The van der Waals surface area contributed by atoms with Crippen LogP contribution in [0.4, 0.5) is 0 Å². The molecule has 1 unspecified atom stereocenters. The summed E-state index contributed by atoms with van der Waals surface area (Å²) in [5.74, 6) is 0.0340. The number of carbonyl (C=O) groups is 1. The molecule has 2 N–H and O–H groups in total. The van der Waals surface area contributed by atoms with Gasteiger partial charge in [0.05, 0.1) is 0 Å². The molecule has 2 aromatic rings. The van der Waals surface area contributed by atoms with Gasteiger partial charge in [-0.1, -0.05) is 28.1 Å². The fraction of sp³-hybridized carbons (Fsp3) is 0.353. The van der Waals surface area contributed by atoms with E-state index in [0.717, 1.165) is 53.2 Å². The molecule has 0 aliphatic carbocycles. The van der Waals surface area contributed by atoms with Gasteiger partial charge >= 0.3 is 0 Å². The zero-order chi connectivity index (χ0) is 14.7. The van der Waals surface area contributed by atoms with Gasteiger partial charge in [-0.05, 0) is 67.4 Å². The standard InChI is InChI=1S/C17H19BrN2O/c18-15-6-5-12-10-14(4-3-13(12)11-15)17(21)20-16-2-1-8-19-9-7-16/h3-6,10-11,16,19H,1-2,7-9H2,(H,20,21). The van der Waals surface area contributed by atoms with Crippen LogP contribution in [0.5, 0.6) is 0 Å². The van der Waals surface area contributed by atoms with E-state index in [1.54, 1.807) is 0 Å². The van der Waals surface area contributed by atoms with E-state index in [1.165, 1.54) is 0 Å². The lowest BCUT2D eigenvalue weighted by atomic mass is 10.1. The van der Waals surface area contributed by atoms with Crippen LogP contribution in [0.3, 0.4) is 0 Å². The van der Waals surface area contributed by atoms with Crippen molar-refractivity contribution in [3.05, 3.63) is 46.4 Å². The van der Waals surface area contributed by atoms with Crippen molar-refractivity contribution in [1.29, 1.82) is 0 Å². The average molecular weight is 347 g/mol. The molecule has 110 valence electrons. The van der Waals surface area contributed by atoms with Gasteiger partial charge in [0.15, 0.2) is 0 Å². The molecule has 0 radical (unpaired) electrons. The summed E-state index contributed by atoms with van der Waals surface area (Å²) in [6.45, 7) is 2.04.